The molecule has 0 atom stereocenters. The van der Waals surface area contributed by atoms with Crippen molar-refractivity contribution in [2.75, 3.05) is 7.05 Å². The smallest absolute Gasteiger partial charge is 0.220 e. The summed E-state index contributed by atoms with van der Waals surface area (Å²) in [5, 5.41) is 0.639. The molecule has 36 valence electrons. The SMILES string of the molecule is C[N+]1=CC=NC1=S. The first kappa shape index (κ1) is 4.59. The Morgan fingerprint density at radius 3 is 2.71 bits per heavy atom. The Labute approximate surface area is 47.2 Å². The summed E-state index contributed by atoms with van der Waals surface area (Å²) in [6.45, 7) is 0. The fourth-order valence-electron chi connectivity index (χ4n) is 0.352. The minimum absolute atomic E-state index is 0.639. The van der Waals surface area contributed by atoms with Crippen molar-refractivity contribution in [2.45, 2.75) is 0 Å². The van der Waals surface area contributed by atoms with Crippen molar-refractivity contribution in [2.24, 2.45) is 4.99 Å². The first-order valence-corrected chi connectivity index (χ1v) is 2.36. The fourth-order valence-corrected chi connectivity index (χ4v) is 0.474. The molecular formula is C4H5N2S+. The topological polar surface area (TPSA) is 15.4 Å². The summed E-state index contributed by atoms with van der Waals surface area (Å²) in [6, 6.07) is 0. The molecule has 0 fully saturated rings. The minimum Gasteiger partial charge on any atom is -0.220 e. The average molecular weight is 113 g/mol. The number of thiocarbonyl (C=S) groups is 1. The van der Waals surface area contributed by atoms with Gasteiger partial charge in [-0.3, -0.25) is 0 Å². The Bertz CT molecular complexity index is 157. The van der Waals surface area contributed by atoms with Gasteiger partial charge >= 0.3 is 5.11 Å². The Hall–Kier alpha value is -0.570. The lowest BCUT2D eigenvalue weighted by molar-refractivity contribution is -0.358. The normalized spacial score (nSPS) is 17.9. The Morgan fingerprint density at radius 2 is 2.57 bits per heavy atom. The second-order valence-corrected chi connectivity index (χ2v) is 1.69. The third-order valence-electron chi connectivity index (χ3n) is 0.777. The van der Waals surface area contributed by atoms with E-state index < -0.39 is 0 Å². The van der Waals surface area contributed by atoms with E-state index in [4.69, 9.17) is 12.2 Å². The average Bonchev–Trinajstić information content (AvgIpc) is 1.91. The molecule has 0 aromatic heterocycles. The van der Waals surface area contributed by atoms with Crippen LogP contribution >= 0.6 is 12.2 Å². The summed E-state index contributed by atoms with van der Waals surface area (Å²) in [5.74, 6) is 0. The molecule has 0 unspecified atom stereocenters. The maximum absolute atomic E-state index is 4.74. The highest BCUT2D eigenvalue weighted by Crippen LogP contribution is 1.82. The van der Waals surface area contributed by atoms with E-state index in [9.17, 15) is 0 Å². The van der Waals surface area contributed by atoms with Gasteiger partial charge in [0.1, 0.15) is 6.21 Å². The van der Waals surface area contributed by atoms with Gasteiger partial charge in [0.15, 0.2) is 6.21 Å². The van der Waals surface area contributed by atoms with Crippen molar-refractivity contribution < 1.29 is 4.58 Å². The van der Waals surface area contributed by atoms with Crippen LogP contribution in [0.3, 0.4) is 0 Å². The van der Waals surface area contributed by atoms with E-state index in [0.29, 0.717) is 5.11 Å². The van der Waals surface area contributed by atoms with E-state index in [1.807, 2.05) is 13.3 Å². The standard InChI is InChI=1S/C4H5N2S/c1-6-3-2-5-4(6)7/h2-3H,1H3/q+1. The van der Waals surface area contributed by atoms with Gasteiger partial charge in [-0.25, -0.2) is 4.58 Å². The summed E-state index contributed by atoms with van der Waals surface area (Å²) in [6.07, 6.45) is 3.50. The third kappa shape index (κ3) is 0.718. The van der Waals surface area contributed by atoms with Crippen molar-refractivity contribution in [3.8, 4) is 0 Å². The van der Waals surface area contributed by atoms with Gasteiger partial charge in [-0.15, -0.1) is 0 Å². The molecular weight excluding hydrogens is 108 g/mol. The van der Waals surface area contributed by atoms with Crippen LogP contribution in [0.25, 0.3) is 0 Å². The lowest BCUT2D eigenvalue weighted by atomic mass is 10.8. The predicted octanol–water partition coefficient (Wildman–Crippen LogP) is 0.0688. The van der Waals surface area contributed by atoms with E-state index >= 15 is 0 Å². The molecule has 1 aliphatic rings. The van der Waals surface area contributed by atoms with E-state index in [2.05, 4.69) is 4.99 Å². The number of rotatable bonds is 0. The van der Waals surface area contributed by atoms with Crippen LogP contribution in [0.4, 0.5) is 0 Å². The lowest BCUT2D eigenvalue weighted by Gasteiger charge is -1.78. The van der Waals surface area contributed by atoms with Crippen molar-refractivity contribution in [3.63, 3.8) is 0 Å². The molecule has 0 saturated heterocycles. The molecule has 0 bridgehead atoms. The lowest BCUT2D eigenvalue weighted by Crippen LogP contribution is -2.05. The monoisotopic (exact) mass is 113 g/mol. The van der Waals surface area contributed by atoms with E-state index in [1.54, 1.807) is 10.8 Å². The van der Waals surface area contributed by atoms with Crippen LogP contribution in [-0.2, 0) is 0 Å². The maximum Gasteiger partial charge on any atom is 0.392 e. The molecule has 0 N–H and O–H groups in total. The highest BCUT2D eigenvalue weighted by molar-refractivity contribution is 7.80. The minimum atomic E-state index is 0.639. The molecule has 0 aromatic carbocycles. The predicted molar refractivity (Wildman–Crippen MR) is 33.3 cm³/mol. The summed E-state index contributed by atoms with van der Waals surface area (Å²) < 4.78 is 1.79. The molecule has 1 rings (SSSR count). The molecule has 0 aromatic rings. The molecule has 0 saturated carbocycles. The van der Waals surface area contributed by atoms with Gasteiger partial charge < -0.3 is 0 Å². The molecule has 7 heavy (non-hydrogen) atoms. The zero-order valence-corrected chi connectivity index (χ0v) is 4.77. The van der Waals surface area contributed by atoms with Crippen LogP contribution in [0.5, 0.6) is 0 Å². The van der Waals surface area contributed by atoms with E-state index in [0.717, 1.165) is 0 Å². The third-order valence-corrected chi connectivity index (χ3v) is 1.17. The van der Waals surface area contributed by atoms with Gasteiger partial charge in [0.2, 0.25) is 0 Å². The molecule has 0 radical (unpaired) electrons. The quantitative estimate of drug-likeness (QED) is 0.320. The molecule has 0 aliphatic carbocycles. The largest absolute Gasteiger partial charge is 0.392 e. The highest BCUT2D eigenvalue weighted by atomic mass is 32.1. The Morgan fingerprint density at radius 1 is 1.86 bits per heavy atom. The van der Waals surface area contributed by atoms with Crippen LogP contribution in [-0.4, -0.2) is 29.2 Å². The number of nitrogens with zero attached hydrogens (tertiary/aromatic N) is 2. The highest BCUT2D eigenvalue weighted by Gasteiger charge is 2.08. The van der Waals surface area contributed by atoms with Gasteiger partial charge in [-0.1, -0.05) is 0 Å². The van der Waals surface area contributed by atoms with Gasteiger partial charge in [0.05, 0.1) is 7.05 Å². The number of hydrogen-bond donors (Lipinski definition) is 0. The maximum atomic E-state index is 4.74. The van der Waals surface area contributed by atoms with Gasteiger partial charge in [-0.05, 0) is 4.99 Å². The molecule has 3 heteroatoms. The second-order valence-electron chi connectivity index (χ2n) is 1.32. The Balaban J connectivity index is 2.89. The summed E-state index contributed by atoms with van der Waals surface area (Å²) in [4.78, 5) is 3.79. The number of hydrogen-bond acceptors (Lipinski definition) is 1. The summed E-state index contributed by atoms with van der Waals surface area (Å²) >= 11 is 4.74. The second kappa shape index (κ2) is 1.50. The summed E-state index contributed by atoms with van der Waals surface area (Å²) in [5.41, 5.74) is 0. The first-order chi connectivity index (χ1) is 3.30. The van der Waals surface area contributed by atoms with Crippen molar-refractivity contribution in [1.82, 2.24) is 0 Å². The van der Waals surface area contributed by atoms with E-state index in [1.165, 1.54) is 0 Å². The van der Waals surface area contributed by atoms with E-state index in [-0.39, 0.29) is 0 Å². The zero-order chi connectivity index (χ0) is 5.28. The van der Waals surface area contributed by atoms with Crippen LogP contribution in [0.2, 0.25) is 0 Å². The Kier molecular flexibility index (Phi) is 0.982. The van der Waals surface area contributed by atoms with Gasteiger partial charge in [0.25, 0.3) is 0 Å². The number of aliphatic imine (C=N–C) groups is 1. The molecule has 0 amide bonds. The van der Waals surface area contributed by atoms with Crippen molar-refractivity contribution in [1.29, 1.82) is 0 Å². The molecule has 1 heterocycles. The molecule has 2 nitrogen and oxygen atoms in total. The van der Waals surface area contributed by atoms with Crippen molar-refractivity contribution >= 4 is 29.8 Å². The summed E-state index contributed by atoms with van der Waals surface area (Å²) in [7, 11) is 1.87. The van der Waals surface area contributed by atoms with Gasteiger partial charge in [0, 0.05) is 12.2 Å². The molecule has 0 spiro atoms. The van der Waals surface area contributed by atoms with Crippen molar-refractivity contribution in [3.05, 3.63) is 0 Å². The van der Waals surface area contributed by atoms with Crippen LogP contribution < -0.4 is 0 Å². The first-order valence-electron chi connectivity index (χ1n) is 1.95. The van der Waals surface area contributed by atoms with Crippen LogP contribution in [0, 0.1) is 0 Å². The van der Waals surface area contributed by atoms with Crippen LogP contribution in [0.1, 0.15) is 0 Å². The molecule has 1 aliphatic heterocycles. The van der Waals surface area contributed by atoms with Crippen LogP contribution in [0.15, 0.2) is 4.99 Å². The van der Waals surface area contributed by atoms with Gasteiger partial charge in [-0.2, -0.15) is 0 Å². The fraction of sp³-hybridized carbons (Fsp3) is 0.250. The zero-order valence-electron chi connectivity index (χ0n) is 3.96.